The Balaban J connectivity index is 2.32. The van der Waals surface area contributed by atoms with E-state index in [0.717, 1.165) is 16.2 Å². The first kappa shape index (κ1) is 16.1. The van der Waals surface area contributed by atoms with Crippen molar-refractivity contribution in [2.45, 2.75) is 32.4 Å². The molecule has 0 bridgehead atoms. The van der Waals surface area contributed by atoms with Crippen molar-refractivity contribution in [2.24, 2.45) is 5.84 Å². The Labute approximate surface area is 130 Å². The lowest BCUT2D eigenvalue weighted by atomic mass is 10.0. The molecule has 0 fully saturated rings. The molecule has 0 aliphatic rings. The predicted molar refractivity (Wildman–Crippen MR) is 80.4 cm³/mol. The monoisotopic (exact) mass is 358 g/mol. The highest BCUT2D eigenvalue weighted by Crippen LogP contribution is 2.28. The van der Waals surface area contributed by atoms with E-state index in [4.69, 9.17) is 5.84 Å². The topological polar surface area (TPSA) is 55.9 Å². The number of nitrogens with two attached hydrogens (primary N) is 1. The Hall–Kier alpha value is -1.31. The largest absolute Gasteiger partial charge is 0.271 e. The summed E-state index contributed by atoms with van der Waals surface area (Å²) in [5.74, 6) is 3.92. The molecule has 2 aromatic rings. The maximum atomic E-state index is 13.3. The third-order valence-corrected chi connectivity index (χ3v) is 3.84. The van der Waals surface area contributed by atoms with Crippen LogP contribution >= 0.6 is 15.9 Å². The van der Waals surface area contributed by atoms with Crippen LogP contribution in [0, 0.1) is 11.6 Å². The molecule has 4 nitrogen and oxygen atoms in total. The van der Waals surface area contributed by atoms with Gasteiger partial charge in [-0.15, -0.1) is 0 Å². The Bertz CT molecular complexity index is 627. The van der Waals surface area contributed by atoms with Crippen molar-refractivity contribution in [2.75, 3.05) is 0 Å². The van der Waals surface area contributed by atoms with Crippen LogP contribution in [0.1, 0.15) is 37.2 Å². The lowest BCUT2D eigenvalue weighted by Gasteiger charge is -2.20. The second-order valence-corrected chi connectivity index (χ2v) is 5.94. The van der Waals surface area contributed by atoms with Crippen molar-refractivity contribution >= 4 is 15.9 Å². The summed E-state index contributed by atoms with van der Waals surface area (Å²) >= 11 is 3.45. The number of benzene rings is 1. The van der Waals surface area contributed by atoms with Gasteiger partial charge in [0.05, 0.1) is 22.4 Å². The number of halogens is 3. The van der Waals surface area contributed by atoms with Crippen LogP contribution in [0.15, 0.2) is 28.9 Å². The predicted octanol–water partition coefficient (Wildman–Crippen LogP) is 3.25. The molecular formula is C14H17BrF2N4. The maximum absolute atomic E-state index is 13.3. The minimum Gasteiger partial charge on any atom is -0.271 e. The van der Waals surface area contributed by atoms with E-state index in [1.807, 2.05) is 18.5 Å². The fourth-order valence-electron chi connectivity index (χ4n) is 2.23. The molecule has 0 radical (unpaired) electrons. The summed E-state index contributed by atoms with van der Waals surface area (Å²) in [7, 11) is 0. The van der Waals surface area contributed by atoms with E-state index >= 15 is 0 Å². The van der Waals surface area contributed by atoms with Crippen LogP contribution in [0.5, 0.6) is 0 Å². The van der Waals surface area contributed by atoms with Gasteiger partial charge in [0.1, 0.15) is 0 Å². The van der Waals surface area contributed by atoms with Gasteiger partial charge in [0.15, 0.2) is 11.6 Å². The molecule has 1 aromatic heterocycles. The Morgan fingerprint density at radius 2 is 2.05 bits per heavy atom. The molecule has 0 aliphatic carbocycles. The van der Waals surface area contributed by atoms with Crippen molar-refractivity contribution in [3.8, 4) is 0 Å². The highest BCUT2D eigenvalue weighted by atomic mass is 79.9. The molecule has 1 unspecified atom stereocenters. The van der Waals surface area contributed by atoms with Crippen LogP contribution in [-0.2, 0) is 6.42 Å². The zero-order valence-corrected chi connectivity index (χ0v) is 13.4. The fourth-order valence-corrected chi connectivity index (χ4v) is 2.77. The second-order valence-electron chi connectivity index (χ2n) is 5.09. The first-order valence-electron chi connectivity index (χ1n) is 6.57. The third-order valence-electron chi connectivity index (χ3n) is 3.23. The minimum absolute atomic E-state index is 0.159. The first-order valence-corrected chi connectivity index (χ1v) is 7.36. The third kappa shape index (κ3) is 3.48. The highest BCUT2D eigenvalue weighted by Gasteiger charge is 2.21. The minimum atomic E-state index is -0.861. The van der Waals surface area contributed by atoms with Crippen molar-refractivity contribution in [1.82, 2.24) is 15.2 Å². The lowest BCUT2D eigenvalue weighted by molar-refractivity contribution is 0.445. The zero-order valence-electron chi connectivity index (χ0n) is 11.8. The van der Waals surface area contributed by atoms with Crippen LogP contribution in [0.25, 0.3) is 0 Å². The number of nitrogens with zero attached hydrogens (tertiary/aromatic N) is 2. The van der Waals surface area contributed by atoms with Crippen LogP contribution in [-0.4, -0.2) is 9.78 Å². The highest BCUT2D eigenvalue weighted by molar-refractivity contribution is 9.10. The van der Waals surface area contributed by atoms with E-state index in [1.165, 1.54) is 6.07 Å². The summed E-state index contributed by atoms with van der Waals surface area (Å²) in [4.78, 5) is 0. The van der Waals surface area contributed by atoms with Gasteiger partial charge in [-0.25, -0.2) is 8.78 Å². The number of rotatable bonds is 5. The number of nitrogens with one attached hydrogen (secondary N) is 1. The van der Waals surface area contributed by atoms with E-state index in [1.54, 1.807) is 12.3 Å². The van der Waals surface area contributed by atoms with Gasteiger partial charge in [0.25, 0.3) is 0 Å². The first-order chi connectivity index (χ1) is 9.93. The molecule has 0 saturated carbocycles. The fraction of sp³-hybridized carbons (Fsp3) is 0.357. The van der Waals surface area contributed by atoms with Gasteiger partial charge in [-0.1, -0.05) is 6.07 Å². The van der Waals surface area contributed by atoms with Gasteiger partial charge in [0.2, 0.25) is 0 Å². The molecular weight excluding hydrogens is 342 g/mol. The standard InChI is InChI=1S/C14H17BrF2N4/c1-8(2)21-14(10(15)7-19-21)13(20-18)6-9-3-4-11(16)12(17)5-9/h3-5,7-8,13,20H,6,18H2,1-2H3. The van der Waals surface area contributed by atoms with Crippen LogP contribution in [0.4, 0.5) is 8.78 Å². The average Bonchev–Trinajstić information content (AvgIpc) is 2.82. The smallest absolute Gasteiger partial charge is 0.159 e. The zero-order chi connectivity index (χ0) is 15.6. The van der Waals surface area contributed by atoms with Crippen molar-refractivity contribution in [3.63, 3.8) is 0 Å². The molecule has 1 atom stereocenters. The van der Waals surface area contributed by atoms with Crippen molar-refractivity contribution in [3.05, 3.63) is 51.8 Å². The van der Waals surface area contributed by atoms with E-state index in [-0.39, 0.29) is 12.1 Å². The van der Waals surface area contributed by atoms with Crippen LogP contribution in [0.3, 0.4) is 0 Å². The summed E-state index contributed by atoms with van der Waals surface area (Å²) in [5, 5.41) is 4.30. The molecule has 0 saturated heterocycles. The molecule has 114 valence electrons. The van der Waals surface area contributed by atoms with Crippen LogP contribution < -0.4 is 11.3 Å². The van der Waals surface area contributed by atoms with Crippen molar-refractivity contribution in [1.29, 1.82) is 0 Å². The molecule has 7 heteroatoms. The van der Waals surface area contributed by atoms with Gasteiger partial charge >= 0.3 is 0 Å². The van der Waals surface area contributed by atoms with Gasteiger partial charge < -0.3 is 0 Å². The molecule has 21 heavy (non-hydrogen) atoms. The SMILES string of the molecule is CC(C)n1ncc(Br)c1C(Cc1ccc(F)c(F)c1)NN. The maximum Gasteiger partial charge on any atom is 0.159 e. The number of hydrazine groups is 1. The summed E-state index contributed by atoms with van der Waals surface area (Å²) in [6.45, 7) is 4.02. The summed E-state index contributed by atoms with van der Waals surface area (Å²) < 4.78 is 29.0. The molecule has 3 N–H and O–H groups in total. The Morgan fingerprint density at radius 3 is 2.62 bits per heavy atom. The number of hydrogen-bond acceptors (Lipinski definition) is 3. The molecule has 1 heterocycles. The van der Waals surface area contributed by atoms with E-state index in [9.17, 15) is 8.78 Å². The summed E-state index contributed by atoms with van der Waals surface area (Å²) in [6, 6.07) is 3.74. The van der Waals surface area contributed by atoms with Gasteiger partial charge in [-0.05, 0) is 53.9 Å². The number of aromatic nitrogens is 2. The van der Waals surface area contributed by atoms with E-state index < -0.39 is 11.6 Å². The van der Waals surface area contributed by atoms with Gasteiger partial charge in [-0.3, -0.25) is 16.0 Å². The molecule has 0 amide bonds. The molecule has 0 aliphatic heterocycles. The van der Waals surface area contributed by atoms with Crippen LogP contribution in [0.2, 0.25) is 0 Å². The number of hydrogen-bond donors (Lipinski definition) is 2. The Kier molecular flexibility index (Phi) is 5.08. The quantitative estimate of drug-likeness (QED) is 0.637. The van der Waals surface area contributed by atoms with Gasteiger partial charge in [0, 0.05) is 6.04 Å². The molecule has 1 aromatic carbocycles. The average molecular weight is 359 g/mol. The molecule has 0 spiro atoms. The summed E-state index contributed by atoms with van der Waals surface area (Å²) in [5.41, 5.74) is 4.24. The van der Waals surface area contributed by atoms with Gasteiger partial charge in [-0.2, -0.15) is 5.10 Å². The Morgan fingerprint density at radius 1 is 1.33 bits per heavy atom. The summed E-state index contributed by atoms with van der Waals surface area (Å²) in [6.07, 6.45) is 2.12. The second kappa shape index (κ2) is 6.64. The van der Waals surface area contributed by atoms with E-state index in [0.29, 0.717) is 12.0 Å². The van der Waals surface area contributed by atoms with Crippen molar-refractivity contribution < 1.29 is 8.78 Å². The normalized spacial score (nSPS) is 12.9. The van der Waals surface area contributed by atoms with E-state index in [2.05, 4.69) is 26.5 Å². The lowest BCUT2D eigenvalue weighted by Crippen LogP contribution is -2.32. The molecule has 2 rings (SSSR count).